The number of aromatic hydroxyl groups is 1. The van der Waals surface area contributed by atoms with E-state index in [4.69, 9.17) is 0 Å². The van der Waals surface area contributed by atoms with Crippen LogP contribution in [0.25, 0.3) is 10.8 Å². The third-order valence-electron chi connectivity index (χ3n) is 4.35. The van der Waals surface area contributed by atoms with E-state index >= 15 is 0 Å². The zero-order valence-corrected chi connectivity index (χ0v) is 11.7. The molecule has 3 aromatic rings. The fraction of sp³-hybridized carbons (Fsp3) is 0.158. The van der Waals surface area contributed by atoms with E-state index in [1.54, 1.807) is 0 Å². The summed E-state index contributed by atoms with van der Waals surface area (Å²) in [7, 11) is 0. The minimum atomic E-state index is 0.0690. The monoisotopic (exact) mass is 275 g/mol. The van der Waals surface area contributed by atoms with Gasteiger partial charge < -0.3 is 10.4 Å². The van der Waals surface area contributed by atoms with E-state index in [-0.39, 0.29) is 6.04 Å². The summed E-state index contributed by atoms with van der Waals surface area (Å²) in [6.45, 7) is 0.938. The molecule has 0 saturated carbocycles. The van der Waals surface area contributed by atoms with Gasteiger partial charge in [-0.15, -0.1) is 0 Å². The predicted octanol–water partition coefficient (Wildman–Crippen LogP) is 3.78. The highest BCUT2D eigenvalue weighted by Gasteiger charge is 2.23. The largest absolute Gasteiger partial charge is 0.507 e. The van der Waals surface area contributed by atoms with Crippen molar-refractivity contribution in [2.24, 2.45) is 0 Å². The highest BCUT2D eigenvalue weighted by Crippen LogP contribution is 2.37. The van der Waals surface area contributed by atoms with Crippen molar-refractivity contribution in [1.82, 2.24) is 5.32 Å². The Hall–Kier alpha value is -2.32. The fourth-order valence-corrected chi connectivity index (χ4v) is 3.29. The van der Waals surface area contributed by atoms with Gasteiger partial charge in [-0.25, -0.2) is 0 Å². The molecule has 0 radical (unpaired) electrons. The van der Waals surface area contributed by atoms with E-state index in [0.29, 0.717) is 5.75 Å². The van der Waals surface area contributed by atoms with E-state index in [1.165, 1.54) is 11.1 Å². The maximum absolute atomic E-state index is 10.7. The first-order valence-corrected chi connectivity index (χ1v) is 7.36. The molecule has 2 heteroatoms. The first-order chi connectivity index (χ1) is 10.3. The molecular weight excluding hydrogens is 258 g/mol. The van der Waals surface area contributed by atoms with Crippen LogP contribution in [0.15, 0.2) is 60.7 Å². The van der Waals surface area contributed by atoms with Crippen LogP contribution in [0.4, 0.5) is 0 Å². The van der Waals surface area contributed by atoms with E-state index in [1.807, 2.05) is 30.3 Å². The van der Waals surface area contributed by atoms with Crippen molar-refractivity contribution in [3.63, 3.8) is 0 Å². The molecule has 2 N–H and O–H groups in total. The number of phenols is 1. The predicted molar refractivity (Wildman–Crippen MR) is 85.6 cm³/mol. The smallest absolute Gasteiger partial charge is 0.128 e. The molecular formula is C19H17NO. The van der Waals surface area contributed by atoms with Gasteiger partial charge in [0.25, 0.3) is 0 Å². The Bertz CT molecular complexity index is 810. The van der Waals surface area contributed by atoms with Crippen molar-refractivity contribution in [3.8, 4) is 5.75 Å². The molecule has 21 heavy (non-hydrogen) atoms. The number of rotatable bonds is 1. The number of nitrogens with one attached hydrogen (secondary N) is 1. The van der Waals surface area contributed by atoms with E-state index in [9.17, 15) is 5.11 Å². The second-order valence-electron chi connectivity index (χ2n) is 5.56. The Kier molecular flexibility index (Phi) is 2.90. The van der Waals surface area contributed by atoms with Crippen LogP contribution < -0.4 is 5.32 Å². The van der Waals surface area contributed by atoms with Crippen LogP contribution in [-0.4, -0.2) is 11.7 Å². The van der Waals surface area contributed by atoms with Gasteiger partial charge >= 0.3 is 0 Å². The molecule has 0 amide bonds. The van der Waals surface area contributed by atoms with Gasteiger partial charge in [0, 0.05) is 17.5 Å². The number of fused-ring (bicyclic) bond motifs is 2. The van der Waals surface area contributed by atoms with Gasteiger partial charge in [0.1, 0.15) is 5.75 Å². The average molecular weight is 275 g/mol. The molecule has 0 fully saturated rings. The topological polar surface area (TPSA) is 32.3 Å². The van der Waals surface area contributed by atoms with Gasteiger partial charge in [-0.3, -0.25) is 0 Å². The third-order valence-corrected chi connectivity index (χ3v) is 4.35. The Morgan fingerprint density at radius 2 is 1.67 bits per heavy atom. The van der Waals surface area contributed by atoms with Gasteiger partial charge in [0.2, 0.25) is 0 Å². The van der Waals surface area contributed by atoms with E-state index in [0.717, 1.165) is 29.3 Å². The van der Waals surface area contributed by atoms with Crippen molar-refractivity contribution in [2.45, 2.75) is 12.5 Å². The number of hydrogen-bond acceptors (Lipinski definition) is 2. The van der Waals surface area contributed by atoms with Crippen LogP contribution in [0.5, 0.6) is 5.75 Å². The molecule has 2 nitrogen and oxygen atoms in total. The molecule has 0 saturated heterocycles. The van der Waals surface area contributed by atoms with Crippen LogP contribution in [0, 0.1) is 0 Å². The van der Waals surface area contributed by atoms with Crippen LogP contribution in [0.2, 0.25) is 0 Å². The average Bonchev–Trinajstić information content (AvgIpc) is 2.55. The molecule has 104 valence electrons. The van der Waals surface area contributed by atoms with Crippen LogP contribution in [0.3, 0.4) is 0 Å². The molecule has 3 aromatic carbocycles. The van der Waals surface area contributed by atoms with Crippen molar-refractivity contribution < 1.29 is 5.11 Å². The van der Waals surface area contributed by atoms with Crippen molar-refractivity contribution in [3.05, 3.63) is 77.4 Å². The summed E-state index contributed by atoms with van der Waals surface area (Å²) in [5.41, 5.74) is 3.60. The Morgan fingerprint density at radius 1 is 0.857 bits per heavy atom. The van der Waals surface area contributed by atoms with Crippen molar-refractivity contribution in [2.75, 3.05) is 6.54 Å². The Labute approximate surface area is 124 Å². The molecule has 1 aliphatic heterocycles. The van der Waals surface area contributed by atoms with Crippen LogP contribution in [-0.2, 0) is 6.42 Å². The molecule has 0 aromatic heterocycles. The highest BCUT2D eigenvalue weighted by atomic mass is 16.3. The molecule has 4 rings (SSSR count). The normalized spacial score (nSPS) is 17.6. The van der Waals surface area contributed by atoms with Gasteiger partial charge in [-0.05, 0) is 22.9 Å². The lowest BCUT2D eigenvalue weighted by molar-refractivity contribution is 0.460. The summed E-state index contributed by atoms with van der Waals surface area (Å²) in [6, 6.07) is 20.6. The number of hydrogen-bond donors (Lipinski definition) is 2. The first-order valence-electron chi connectivity index (χ1n) is 7.36. The van der Waals surface area contributed by atoms with Gasteiger partial charge in [0.15, 0.2) is 0 Å². The fourth-order valence-electron chi connectivity index (χ4n) is 3.29. The zero-order valence-electron chi connectivity index (χ0n) is 11.7. The lowest BCUT2D eigenvalue weighted by Gasteiger charge is -2.28. The first kappa shape index (κ1) is 12.4. The van der Waals surface area contributed by atoms with Crippen molar-refractivity contribution >= 4 is 10.8 Å². The molecule has 0 unspecified atom stereocenters. The summed E-state index contributed by atoms with van der Waals surface area (Å²) in [4.78, 5) is 0. The lowest BCUT2D eigenvalue weighted by Crippen LogP contribution is -2.30. The maximum atomic E-state index is 10.7. The number of phenolic OH excluding ortho intramolecular Hbond substituents is 1. The molecule has 0 bridgehead atoms. The zero-order chi connectivity index (χ0) is 14.2. The molecule has 1 heterocycles. The van der Waals surface area contributed by atoms with E-state index in [2.05, 4.69) is 35.6 Å². The Balaban J connectivity index is 1.90. The summed E-state index contributed by atoms with van der Waals surface area (Å²) in [6.07, 6.45) is 1.04. The summed E-state index contributed by atoms with van der Waals surface area (Å²) in [5.74, 6) is 0.391. The second-order valence-corrected chi connectivity index (χ2v) is 5.56. The van der Waals surface area contributed by atoms with Crippen LogP contribution >= 0.6 is 0 Å². The standard InChI is InChI=1S/C19H17NO/c21-19-16-8-4-2-5-13(16)9-10-17(19)18-15-7-3-1-6-14(15)11-12-20-18/h1-10,18,20-21H,11-12H2/t18-/m0/s1. The van der Waals surface area contributed by atoms with Gasteiger partial charge in [-0.1, -0.05) is 60.7 Å². The van der Waals surface area contributed by atoms with Crippen molar-refractivity contribution in [1.29, 1.82) is 0 Å². The van der Waals surface area contributed by atoms with E-state index < -0.39 is 0 Å². The summed E-state index contributed by atoms with van der Waals surface area (Å²) < 4.78 is 0. The number of benzene rings is 3. The molecule has 0 aliphatic carbocycles. The summed E-state index contributed by atoms with van der Waals surface area (Å²) in [5, 5.41) is 16.2. The molecule has 1 aliphatic rings. The minimum Gasteiger partial charge on any atom is -0.507 e. The quantitative estimate of drug-likeness (QED) is 0.708. The van der Waals surface area contributed by atoms with Gasteiger partial charge in [0.05, 0.1) is 6.04 Å². The second kappa shape index (κ2) is 4.90. The maximum Gasteiger partial charge on any atom is 0.128 e. The minimum absolute atomic E-state index is 0.0690. The third kappa shape index (κ3) is 1.99. The molecule has 1 atom stereocenters. The molecule has 0 spiro atoms. The summed E-state index contributed by atoms with van der Waals surface area (Å²) >= 11 is 0. The highest BCUT2D eigenvalue weighted by molar-refractivity contribution is 5.89. The Morgan fingerprint density at radius 3 is 2.62 bits per heavy atom. The van der Waals surface area contributed by atoms with Crippen LogP contribution in [0.1, 0.15) is 22.7 Å². The lowest BCUT2D eigenvalue weighted by atomic mass is 9.88. The SMILES string of the molecule is Oc1c([C@H]2NCCc3ccccc32)ccc2ccccc12. The van der Waals surface area contributed by atoms with Gasteiger partial charge in [-0.2, -0.15) is 0 Å².